The molecule has 0 bridgehead atoms. The number of nitrogens with zero attached hydrogens (tertiary/aromatic N) is 2. The standard InChI is InChI=1S/C16H22ClN3O/c17-13-5-7-14(8-6-13)18-16(21)20-11-9-19(10-12-20)15-3-1-2-4-15/h5-8,15H,1-4,9-12H2,(H,18,21). The summed E-state index contributed by atoms with van der Waals surface area (Å²) in [6, 6.07) is 7.98. The molecule has 114 valence electrons. The van der Waals surface area contributed by atoms with Crippen molar-refractivity contribution in [2.45, 2.75) is 31.7 Å². The minimum Gasteiger partial charge on any atom is -0.322 e. The number of amides is 2. The van der Waals surface area contributed by atoms with E-state index < -0.39 is 0 Å². The highest BCUT2D eigenvalue weighted by molar-refractivity contribution is 6.30. The lowest BCUT2D eigenvalue weighted by molar-refractivity contribution is 0.115. The molecule has 21 heavy (non-hydrogen) atoms. The Labute approximate surface area is 131 Å². The van der Waals surface area contributed by atoms with E-state index in [9.17, 15) is 4.79 Å². The van der Waals surface area contributed by atoms with Crippen LogP contribution in [0.4, 0.5) is 10.5 Å². The van der Waals surface area contributed by atoms with E-state index in [4.69, 9.17) is 11.6 Å². The number of nitrogens with one attached hydrogen (secondary N) is 1. The Kier molecular flexibility index (Phi) is 4.66. The van der Waals surface area contributed by atoms with E-state index in [2.05, 4.69) is 10.2 Å². The summed E-state index contributed by atoms with van der Waals surface area (Å²) in [7, 11) is 0. The highest BCUT2D eigenvalue weighted by Gasteiger charge is 2.27. The van der Waals surface area contributed by atoms with E-state index in [1.165, 1.54) is 25.7 Å². The van der Waals surface area contributed by atoms with E-state index in [1.807, 2.05) is 17.0 Å². The predicted octanol–water partition coefficient (Wildman–Crippen LogP) is 3.43. The topological polar surface area (TPSA) is 35.6 Å². The molecule has 2 aliphatic rings. The van der Waals surface area contributed by atoms with Gasteiger partial charge >= 0.3 is 6.03 Å². The molecule has 1 N–H and O–H groups in total. The van der Waals surface area contributed by atoms with Crippen molar-refractivity contribution in [1.82, 2.24) is 9.80 Å². The highest BCUT2D eigenvalue weighted by atomic mass is 35.5. The van der Waals surface area contributed by atoms with Gasteiger partial charge in [0.2, 0.25) is 0 Å². The van der Waals surface area contributed by atoms with Gasteiger partial charge in [-0.15, -0.1) is 0 Å². The molecule has 0 aromatic heterocycles. The second-order valence-corrected chi connectivity index (χ2v) is 6.33. The molecule has 0 radical (unpaired) electrons. The minimum atomic E-state index is -0.0107. The normalized spacial score (nSPS) is 20.7. The van der Waals surface area contributed by atoms with Crippen molar-refractivity contribution in [3.63, 3.8) is 0 Å². The van der Waals surface area contributed by atoms with E-state index in [0.29, 0.717) is 5.02 Å². The van der Waals surface area contributed by atoms with E-state index >= 15 is 0 Å². The fourth-order valence-corrected chi connectivity index (χ4v) is 3.42. The van der Waals surface area contributed by atoms with Crippen molar-refractivity contribution in [1.29, 1.82) is 0 Å². The lowest BCUT2D eigenvalue weighted by Gasteiger charge is -2.38. The Morgan fingerprint density at radius 1 is 1.05 bits per heavy atom. The maximum absolute atomic E-state index is 12.2. The molecule has 1 aromatic rings. The molecule has 0 spiro atoms. The maximum atomic E-state index is 12.2. The van der Waals surface area contributed by atoms with Gasteiger partial charge in [0.15, 0.2) is 0 Å². The number of hydrogen-bond donors (Lipinski definition) is 1. The third-order valence-corrected chi connectivity index (χ3v) is 4.79. The average molecular weight is 308 g/mol. The summed E-state index contributed by atoms with van der Waals surface area (Å²) >= 11 is 5.85. The molecule has 0 unspecified atom stereocenters. The first-order valence-corrected chi connectivity index (χ1v) is 8.16. The molecule has 2 fully saturated rings. The van der Waals surface area contributed by atoms with Gasteiger partial charge < -0.3 is 10.2 Å². The summed E-state index contributed by atoms with van der Waals surface area (Å²) in [5.41, 5.74) is 0.794. The fourth-order valence-electron chi connectivity index (χ4n) is 3.30. The molecule has 0 atom stereocenters. The van der Waals surface area contributed by atoms with Crippen LogP contribution in [-0.4, -0.2) is 48.1 Å². The van der Waals surface area contributed by atoms with Crippen molar-refractivity contribution in [3.8, 4) is 0 Å². The molecular weight excluding hydrogens is 286 g/mol. The van der Waals surface area contributed by atoms with Crippen LogP contribution in [0.25, 0.3) is 0 Å². The Morgan fingerprint density at radius 3 is 2.29 bits per heavy atom. The molecule has 1 aliphatic carbocycles. The van der Waals surface area contributed by atoms with E-state index in [-0.39, 0.29) is 6.03 Å². The molecule has 1 heterocycles. The van der Waals surface area contributed by atoms with Crippen molar-refractivity contribution >= 4 is 23.3 Å². The van der Waals surface area contributed by atoms with Crippen LogP contribution < -0.4 is 5.32 Å². The van der Waals surface area contributed by atoms with Crippen LogP contribution in [0, 0.1) is 0 Å². The maximum Gasteiger partial charge on any atom is 0.321 e. The first-order chi connectivity index (χ1) is 10.2. The quantitative estimate of drug-likeness (QED) is 0.908. The van der Waals surface area contributed by atoms with Crippen molar-refractivity contribution in [3.05, 3.63) is 29.3 Å². The third-order valence-electron chi connectivity index (χ3n) is 4.54. The van der Waals surface area contributed by atoms with Crippen LogP contribution in [0.2, 0.25) is 5.02 Å². The number of halogens is 1. The van der Waals surface area contributed by atoms with Crippen molar-refractivity contribution in [2.75, 3.05) is 31.5 Å². The SMILES string of the molecule is O=C(Nc1ccc(Cl)cc1)N1CCN(C2CCCC2)CC1. The van der Waals surface area contributed by atoms with Crippen molar-refractivity contribution < 1.29 is 4.79 Å². The van der Waals surface area contributed by atoms with Gasteiger partial charge in [0.25, 0.3) is 0 Å². The summed E-state index contributed by atoms with van der Waals surface area (Å²) in [6.07, 6.45) is 5.39. The van der Waals surface area contributed by atoms with Crippen LogP contribution in [0.1, 0.15) is 25.7 Å². The highest BCUT2D eigenvalue weighted by Crippen LogP contribution is 2.24. The lowest BCUT2D eigenvalue weighted by Crippen LogP contribution is -2.52. The summed E-state index contributed by atoms with van der Waals surface area (Å²) < 4.78 is 0. The number of benzene rings is 1. The molecule has 1 saturated heterocycles. The number of hydrogen-bond acceptors (Lipinski definition) is 2. The molecular formula is C16H22ClN3O. The van der Waals surface area contributed by atoms with Gasteiger partial charge in [0.05, 0.1) is 0 Å². The second-order valence-electron chi connectivity index (χ2n) is 5.90. The van der Waals surface area contributed by atoms with E-state index in [0.717, 1.165) is 37.9 Å². The van der Waals surface area contributed by atoms with Crippen LogP contribution in [0.5, 0.6) is 0 Å². The first kappa shape index (κ1) is 14.7. The molecule has 5 heteroatoms. The molecule has 1 aliphatic heterocycles. The monoisotopic (exact) mass is 307 g/mol. The van der Waals surface area contributed by atoms with Gasteiger partial charge in [-0.2, -0.15) is 0 Å². The molecule has 3 rings (SSSR count). The van der Waals surface area contributed by atoms with Gasteiger partial charge in [-0.1, -0.05) is 24.4 Å². The molecule has 4 nitrogen and oxygen atoms in total. The van der Waals surface area contributed by atoms with Gasteiger partial charge in [0, 0.05) is 42.9 Å². The number of piperazine rings is 1. The molecule has 2 amide bonds. The number of anilines is 1. The Morgan fingerprint density at radius 2 is 1.67 bits per heavy atom. The summed E-state index contributed by atoms with van der Waals surface area (Å²) in [6.45, 7) is 3.63. The van der Waals surface area contributed by atoms with Crippen LogP contribution >= 0.6 is 11.6 Å². The van der Waals surface area contributed by atoms with Crippen LogP contribution in [0.3, 0.4) is 0 Å². The number of carbonyl (C=O) groups excluding carboxylic acids is 1. The predicted molar refractivity (Wildman–Crippen MR) is 85.9 cm³/mol. The first-order valence-electron chi connectivity index (χ1n) is 7.78. The van der Waals surface area contributed by atoms with Crippen LogP contribution in [0.15, 0.2) is 24.3 Å². The Balaban J connectivity index is 1.49. The average Bonchev–Trinajstić information content (AvgIpc) is 3.04. The zero-order valence-electron chi connectivity index (χ0n) is 12.2. The van der Waals surface area contributed by atoms with Gasteiger partial charge in [0.1, 0.15) is 0 Å². The second kappa shape index (κ2) is 6.67. The van der Waals surface area contributed by atoms with Crippen molar-refractivity contribution in [2.24, 2.45) is 0 Å². The summed E-state index contributed by atoms with van der Waals surface area (Å²) in [5.74, 6) is 0. The molecule has 1 aromatic carbocycles. The summed E-state index contributed by atoms with van der Waals surface area (Å²) in [5, 5.41) is 3.61. The fraction of sp³-hybridized carbons (Fsp3) is 0.562. The minimum absolute atomic E-state index is 0.0107. The van der Waals surface area contributed by atoms with E-state index in [1.54, 1.807) is 12.1 Å². The number of urea groups is 1. The van der Waals surface area contributed by atoms with Gasteiger partial charge in [-0.05, 0) is 37.1 Å². The van der Waals surface area contributed by atoms with Crippen LogP contribution in [-0.2, 0) is 0 Å². The zero-order chi connectivity index (χ0) is 14.7. The van der Waals surface area contributed by atoms with Gasteiger partial charge in [-0.3, -0.25) is 4.90 Å². The Bertz CT molecular complexity index is 477. The smallest absolute Gasteiger partial charge is 0.321 e. The number of rotatable bonds is 2. The summed E-state index contributed by atoms with van der Waals surface area (Å²) in [4.78, 5) is 16.7. The number of carbonyl (C=O) groups is 1. The lowest BCUT2D eigenvalue weighted by atomic mass is 10.2. The zero-order valence-corrected chi connectivity index (χ0v) is 13.0. The molecule has 1 saturated carbocycles. The third kappa shape index (κ3) is 3.69. The largest absolute Gasteiger partial charge is 0.322 e. The van der Waals surface area contributed by atoms with Gasteiger partial charge in [-0.25, -0.2) is 4.79 Å². The Hall–Kier alpha value is -1.26.